The minimum absolute atomic E-state index is 0.451. The van der Waals surface area contributed by atoms with Gasteiger partial charge in [-0.15, -0.1) is 0 Å². The molecule has 0 aromatic carbocycles. The quantitative estimate of drug-likeness (QED) is 0.604. The van der Waals surface area contributed by atoms with Crippen molar-refractivity contribution in [3.63, 3.8) is 0 Å². The first-order chi connectivity index (χ1) is 11.2. The van der Waals surface area contributed by atoms with Crippen molar-refractivity contribution in [2.24, 2.45) is 5.92 Å². The van der Waals surface area contributed by atoms with Gasteiger partial charge >= 0.3 is 0 Å². The molecule has 1 unspecified atom stereocenters. The first-order valence-electron chi connectivity index (χ1n) is 9.54. The van der Waals surface area contributed by atoms with Crippen molar-refractivity contribution < 1.29 is 4.74 Å². The smallest absolute Gasteiger partial charge is 0.0730 e. The van der Waals surface area contributed by atoms with Crippen LogP contribution in [0.25, 0.3) is 0 Å². The van der Waals surface area contributed by atoms with Gasteiger partial charge in [-0.1, -0.05) is 55.7 Å². The lowest BCUT2D eigenvalue weighted by Gasteiger charge is -2.38. The molecule has 2 heteroatoms. The van der Waals surface area contributed by atoms with Crippen molar-refractivity contribution in [3.05, 3.63) is 36.0 Å². The van der Waals surface area contributed by atoms with E-state index >= 15 is 0 Å². The highest BCUT2D eigenvalue weighted by atomic mass is 16.5. The zero-order chi connectivity index (χ0) is 16.5. The Morgan fingerprint density at radius 2 is 1.96 bits per heavy atom. The maximum absolute atomic E-state index is 6.35. The molecule has 1 aliphatic heterocycles. The van der Waals surface area contributed by atoms with Crippen LogP contribution in [0.2, 0.25) is 0 Å². The van der Waals surface area contributed by atoms with Gasteiger partial charge in [0.2, 0.25) is 0 Å². The van der Waals surface area contributed by atoms with E-state index in [1.807, 2.05) is 6.92 Å². The minimum Gasteiger partial charge on any atom is -0.376 e. The number of likely N-dealkylation sites (tertiary alicyclic amines) is 1. The summed E-state index contributed by atoms with van der Waals surface area (Å²) in [5, 5.41) is 0. The van der Waals surface area contributed by atoms with Gasteiger partial charge in [0.15, 0.2) is 0 Å². The Morgan fingerprint density at radius 3 is 2.65 bits per heavy atom. The van der Waals surface area contributed by atoms with Gasteiger partial charge < -0.3 is 4.74 Å². The van der Waals surface area contributed by atoms with E-state index in [1.165, 1.54) is 50.8 Å². The maximum Gasteiger partial charge on any atom is 0.0730 e. The molecule has 2 fully saturated rings. The fourth-order valence-electron chi connectivity index (χ4n) is 3.90. The molecule has 0 bridgehead atoms. The van der Waals surface area contributed by atoms with Crippen molar-refractivity contribution in [1.29, 1.82) is 0 Å². The second kappa shape index (κ2) is 10.1. The van der Waals surface area contributed by atoms with Crippen LogP contribution in [0.5, 0.6) is 0 Å². The second-order valence-electron chi connectivity index (χ2n) is 7.15. The van der Waals surface area contributed by atoms with E-state index in [0.29, 0.717) is 12.1 Å². The van der Waals surface area contributed by atoms with Gasteiger partial charge in [0, 0.05) is 12.6 Å². The predicted molar refractivity (Wildman–Crippen MR) is 99.7 cm³/mol. The SMILES string of the molecule is C\C=C/C=C\C(=C/C)CCO[C@@H]1CCCC[C@H]1N1CCC(C)C1. The van der Waals surface area contributed by atoms with Crippen molar-refractivity contribution in [2.75, 3.05) is 19.7 Å². The fourth-order valence-corrected chi connectivity index (χ4v) is 3.90. The standard InChI is InChI=1S/C21H35NO/c1-4-6-7-10-19(5-2)14-16-23-21-12-9-8-11-20(21)22-15-13-18(3)17-22/h4-7,10,18,20-21H,8-9,11-17H2,1-3H3/b6-4-,10-7-,19-5+/t18?,20-,21-/m1/s1. The number of ether oxygens (including phenoxy) is 1. The molecule has 1 saturated heterocycles. The molecule has 2 rings (SSSR count). The number of nitrogens with zero attached hydrogens (tertiary/aromatic N) is 1. The van der Waals surface area contributed by atoms with Crippen LogP contribution in [-0.4, -0.2) is 36.7 Å². The Balaban J connectivity index is 1.80. The minimum atomic E-state index is 0.451. The first-order valence-corrected chi connectivity index (χ1v) is 9.54. The maximum atomic E-state index is 6.35. The largest absolute Gasteiger partial charge is 0.376 e. The van der Waals surface area contributed by atoms with Crippen molar-refractivity contribution in [1.82, 2.24) is 4.90 Å². The van der Waals surface area contributed by atoms with Crippen LogP contribution in [0, 0.1) is 5.92 Å². The first kappa shape index (κ1) is 18.5. The fraction of sp³-hybridized carbons (Fsp3) is 0.714. The monoisotopic (exact) mass is 317 g/mol. The van der Waals surface area contributed by atoms with Crippen LogP contribution in [0.4, 0.5) is 0 Å². The van der Waals surface area contributed by atoms with Crippen molar-refractivity contribution in [3.8, 4) is 0 Å². The van der Waals surface area contributed by atoms with E-state index in [2.05, 4.69) is 49.1 Å². The van der Waals surface area contributed by atoms with E-state index in [0.717, 1.165) is 18.9 Å². The Labute approximate surface area is 143 Å². The highest BCUT2D eigenvalue weighted by Crippen LogP contribution is 2.29. The highest BCUT2D eigenvalue weighted by molar-refractivity contribution is 5.21. The van der Waals surface area contributed by atoms with Gasteiger partial charge in [-0.3, -0.25) is 4.90 Å². The lowest BCUT2D eigenvalue weighted by Crippen LogP contribution is -2.45. The molecule has 130 valence electrons. The summed E-state index contributed by atoms with van der Waals surface area (Å²) in [7, 11) is 0. The van der Waals surface area contributed by atoms with Gasteiger partial charge in [0.1, 0.15) is 0 Å². The van der Waals surface area contributed by atoms with E-state index in [-0.39, 0.29) is 0 Å². The molecular weight excluding hydrogens is 282 g/mol. The van der Waals surface area contributed by atoms with Crippen LogP contribution in [0.1, 0.15) is 59.3 Å². The summed E-state index contributed by atoms with van der Waals surface area (Å²) in [4.78, 5) is 2.71. The van der Waals surface area contributed by atoms with Crippen LogP contribution < -0.4 is 0 Å². The third-order valence-corrected chi connectivity index (χ3v) is 5.30. The molecule has 23 heavy (non-hydrogen) atoms. The summed E-state index contributed by atoms with van der Waals surface area (Å²) in [6.45, 7) is 9.95. The summed E-state index contributed by atoms with van der Waals surface area (Å²) in [6, 6.07) is 0.668. The van der Waals surface area contributed by atoms with Gasteiger partial charge in [-0.25, -0.2) is 0 Å². The van der Waals surface area contributed by atoms with E-state index < -0.39 is 0 Å². The van der Waals surface area contributed by atoms with Gasteiger partial charge in [0.05, 0.1) is 12.7 Å². The summed E-state index contributed by atoms with van der Waals surface area (Å²) in [6.07, 6.45) is 18.8. The highest BCUT2D eigenvalue weighted by Gasteiger charge is 2.33. The van der Waals surface area contributed by atoms with Crippen LogP contribution in [-0.2, 0) is 4.74 Å². The van der Waals surface area contributed by atoms with Crippen LogP contribution >= 0.6 is 0 Å². The van der Waals surface area contributed by atoms with Gasteiger partial charge in [-0.2, -0.15) is 0 Å². The Bertz CT molecular complexity index is 424. The van der Waals surface area contributed by atoms with Crippen molar-refractivity contribution >= 4 is 0 Å². The topological polar surface area (TPSA) is 12.5 Å². The average Bonchev–Trinajstić information content (AvgIpc) is 3.00. The zero-order valence-corrected chi connectivity index (χ0v) is 15.3. The van der Waals surface area contributed by atoms with E-state index in [4.69, 9.17) is 4.74 Å². The Hall–Kier alpha value is -0.860. The molecule has 2 aliphatic rings. The third-order valence-electron chi connectivity index (χ3n) is 5.30. The number of hydrogen-bond acceptors (Lipinski definition) is 2. The predicted octanol–water partition coefficient (Wildman–Crippen LogP) is 5.12. The molecule has 1 saturated carbocycles. The molecule has 3 atom stereocenters. The molecule has 0 radical (unpaired) electrons. The summed E-state index contributed by atoms with van der Waals surface area (Å²) >= 11 is 0. The number of hydrogen-bond donors (Lipinski definition) is 0. The van der Waals surface area contributed by atoms with Crippen LogP contribution in [0.3, 0.4) is 0 Å². The molecule has 1 aliphatic carbocycles. The molecule has 0 N–H and O–H groups in total. The normalized spacial score (nSPS) is 30.7. The van der Waals surface area contributed by atoms with Crippen molar-refractivity contribution in [2.45, 2.75) is 71.4 Å². The second-order valence-corrected chi connectivity index (χ2v) is 7.15. The molecule has 1 heterocycles. The van der Waals surface area contributed by atoms with Gasteiger partial charge in [-0.05, 0) is 52.0 Å². The molecule has 0 amide bonds. The summed E-state index contributed by atoms with van der Waals surface area (Å²) in [5.41, 5.74) is 1.37. The molecule has 0 aromatic heterocycles. The summed E-state index contributed by atoms with van der Waals surface area (Å²) in [5.74, 6) is 0.865. The lowest BCUT2D eigenvalue weighted by molar-refractivity contribution is -0.0296. The van der Waals surface area contributed by atoms with Crippen LogP contribution in [0.15, 0.2) is 36.0 Å². The Morgan fingerprint density at radius 1 is 1.13 bits per heavy atom. The lowest BCUT2D eigenvalue weighted by atomic mass is 9.91. The molecule has 0 spiro atoms. The summed E-state index contributed by atoms with van der Waals surface area (Å²) < 4.78 is 6.35. The third kappa shape index (κ3) is 5.93. The average molecular weight is 318 g/mol. The molecule has 2 nitrogen and oxygen atoms in total. The number of allylic oxidation sites excluding steroid dienone is 5. The van der Waals surface area contributed by atoms with Gasteiger partial charge in [0.25, 0.3) is 0 Å². The van der Waals surface area contributed by atoms with E-state index in [1.54, 1.807) is 0 Å². The molecule has 0 aromatic rings. The Kier molecular flexibility index (Phi) is 8.11. The van der Waals surface area contributed by atoms with E-state index in [9.17, 15) is 0 Å². The zero-order valence-electron chi connectivity index (χ0n) is 15.3. The molecular formula is C21H35NO. The number of rotatable bonds is 7.